The van der Waals surface area contributed by atoms with Crippen LogP contribution >= 0.6 is 11.8 Å². The summed E-state index contributed by atoms with van der Waals surface area (Å²) in [6, 6.07) is 30.0. The number of carboxylic acid groups (broad SMARTS) is 1. The van der Waals surface area contributed by atoms with E-state index >= 15 is 0 Å². The number of carboxylic acids is 1. The number of aromatic carboxylic acids is 1. The van der Waals surface area contributed by atoms with Crippen LogP contribution in [-0.4, -0.2) is 41.6 Å². The van der Waals surface area contributed by atoms with Gasteiger partial charge in [0.15, 0.2) is 0 Å². The Morgan fingerprint density at radius 3 is 2.24 bits per heavy atom. The summed E-state index contributed by atoms with van der Waals surface area (Å²) in [5.74, 6) is 0.969. The van der Waals surface area contributed by atoms with E-state index in [1.165, 1.54) is 6.07 Å². The van der Waals surface area contributed by atoms with Crippen molar-refractivity contribution in [2.24, 2.45) is 0 Å². The third-order valence-electron chi connectivity index (χ3n) is 6.43. The number of carbonyl (C=O) groups excluding carboxylic acids is 1. The average Bonchev–Trinajstić information content (AvgIpc) is 2.97. The molecule has 2 N–H and O–H groups in total. The number of ether oxygens (including phenoxy) is 1. The first-order valence-corrected chi connectivity index (χ1v) is 13.6. The Kier molecular flexibility index (Phi) is 7.95. The topological polar surface area (TPSA) is 78.9 Å². The molecule has 4 aromatic rings. The molecule has 0 bridgehead atoms. The van der Waals surface area contributed by atoms with Crippen LogP contribution in [0.5, 0.6) is 5.75 Å². The lowest BCUT2D eigenvalue weighted by molar-refractivity contribution is 0.0698. The van der Waals surface area contributed by atoms with Crippen LogP contribution in [0.1, 0.15) is 26.3 Å². The Morgan fingerprint density at radius 2 is 1.53 bits per heavy atom. The fourth-order valence-electron chi connectivity index (χ4n) is 4.41. The predicted molar refractivity (Wildman–Crippen MR) is 154 cm³/mol. The van der Waals surface area contributed by atoms with E-state index < -0.39 is 11.9 Å². The molecule has 5 rings (SSSR count). The molecule has 1 aliphatic heterocycles. The lowest BCUT2D eigenvalue weighted by Gasteiger charge is -2.29. The van der Waals surface area contributed by atoms with Crippen LogP contribution in [0.3, 0.4) is 0 Å². The van der Waals surface area contributed by atoms with E-state index in [0.29, 0.717) is 17.9 Å². The van der Waals surface area contributed by atoms with Crippen LogP contribution in [0.4, 0.5) is 11.4 Å². The van der Waals surface area contributed by atoms with E-state index in [0.717, 1.165) is 47.0 Å². The molecule has 1 aliphatic rings. The van der Waals surface area contributed by atoms with E-state index in [9.17, 15) is 14.7 Å². The molecule has 192 valence electrons. The van der Waals surface area contributed by atoms with Crippen molar-refractivity contribution in [3.05, 3.63) is 114 Å². The Morgan fingerprint density at radius 1 is 0.816 bits per heavy atom. The van der Waals surface area contributed by atoms with E-state index in [1.807, 2.05) is 90.6 Å². The van der Waals surface area contributed by atoms with Crippen LogP contribution in [0.2, 0.25) is 0 Å². The minimum Gasteiger partial charge on any atom is -0.488 e. The largest absolute Gasteiger partial charge is 0.488 e. The quantitative estimate of drug-likeness (QED) is 0.276. The van der Waals surface area contributed by atoms with E-state index in [4.69, 9.17) is 4.74 Å². The van der Waals surface area contributed by atoms with Crippen molar-refractivity contribution in [2.45, 2.75) is 6.61 Å². The van der Waals surface area contributed by atoms with Crippen molar-refractivity contribution in [1.29, 1.82) is 0 Å². The highest BCUT2D eigenvalue weighted by molar-refractivity contribution is 7.99. The van der Waals surface area contributed by atoms with Crippen molar-refractivity contribution < 1.29 is 19.4 Å². The highest BCUT2D eigenvalue weighted by Crippen LogP contribution is 2.31. The number of hydrogen-bond acceptors (Lipinski definition) is 5. The van der Waals surface area contributed by atoms with Crippen LogP contribution in [0.25, 0.3) is 11.1 Å². The van der Waals surface area contributed by atoms with Crippen LogP contribution in [-0.2, 0) is 6.61 Å². The van der Waals surface area contributed by atoms with Gasteiger partial charge in [-0.05, 0) is 47.0 Å². The monoisotopic (exact) mass is 524 g/mol. The predicted octanol–water partition coefficient (Wildman–Crippen LogP) is 6.44. The third-order valence-corrected chi connectivity index (χ3v) is 7.37. The highest BCUT2D eigenvalue weighted by atomic mass is 32.2. The van der Waals surface area contributed by atoms with E-state index in [2.05, 4.69) is 10.2 Å². The molecular weight excluding hydrogens is 496 g/mol. The maximum absolute atomic E-state index is 13.7. The number of nitrogens with one attached hydrogen (secondary N) is 1. The number of amides is 1. The third kappa shape index (κ3) is 6.01. The fourth-order valence-corrected chi connectivity index (χ4v) is 5.31. The number of anilines is 2. The summed E-state index contributed by atoms with van der Waals surface area (Å²) in [6.07, 6.45) is 0. The van der Waals surface area contributed by atoms with Crippen LogP contribution in [0.15, 0.2) is 97.1 Å². The second-order valence-corrected chi connectivity index (χ2v) is 10.2. The van der Waals surface area contributed by atoms with Crippen molar-refractivity contribution in [3.8, 4) is 16.9 Å². The van der Waals surface area contributed by atoms with Gasteiger partial charge in [-0.25, -0.2) is 4.79 Å². The Labute approximate surface area is 226 Å². The van der Waals surface area contributed by atoms with Gasteiger partial charge in [0.05, 0.1) is 16.8 Å². The molecule has 0 unspecified atom stereocenters. The smallest absolute Gasteiger partial charge is 0.337 e. The summed E-state index contributed by atoms with van der Waals surface area (Å²) in [5.41, 5.74) is 4.28. The van der Waals surface area contributed by atoms with Gasteiger partial charge < -0.3 is 20.1 Å². The minimum absolute atomic E-state index is 0.0222. The zero-order chi connectivity index (χ0) is 26.3. The summed E-state index contributed by atoms with van der Waals surface area (Å²) >= 11 is 1.92. The number of rotatable bonds is 8. The van der Waals surface area contributed by atoms with Gasteiger partial charge in [0.2, 0.25) is 0 Å². The highest BCUT2D eigenvalue weighted by Gasteiger charge is 2.20. The number of thioether (sulfide) groups is 1. The molecule has 0 aromatic heterocycles. The number of carbonyl (C=O) groups is 2. The maximum atomic E-state index is 13.7. The van der Waals surface area contributed by atoms with Gasteiger partial charge in [-0.3, -0.25) is 4.79 Å². The zero-order valence-electron chi connectivity index (χ0n) is 20.8. The maximum Gasteiger partial charge on any atom is 0.337 e. The molecule has 0 spiro atoms. The molecule has 1 amide bonds. The molecule has 0 radical (unpaired) electrons. The van der Waals surface area contributed by atoms with Gasteiger partial charge in [0.25, 0.3) is 5.91 Å². The van der Waals surface area contributed by atoms with Crippen molar-refractivity contribution in [2.75, 3.05) is 34.8 Å². The molecule has 0 saturated carbocycles. The first-order chi connectivity index (χ1) is 18.6. The summed E-state index contributed by atoms with van der Waals surface area (Å²) in [7, 11) is 0. The molecule has 1 saturated heterocycles. The van der Waals surface area contributed by atoms with Gasteiger partial charge in [-0.1, -0.05) is 66.7 Å². The van der Waals surface area contributed by atoms with Crippen molar-refractivity contribution >= 4 is 35.0 Å². The van der Waals surface area contributed by atoms with Gasteiger partial charge in [-0.15, -0.1) is 0 Å². The molecule has 7 heteroatoms. The number of benzene rings is 4. The lowest BCUT2D eigenvalue weighted by atomic mass is 10.0. The summed E-state index contributed by atoms with van der Waals surface area (Å²) in [5, 5.41) is 12.7. The van der Waals surface area contributed by atoms with Crippen molar-refractivity contribution in [1.82, 2.24) is 0 Å². The molecular formula is C31H28N2O4S. The normalized spacial score (nSPS) is 13.1. The van der Waals surface area contributed by atoms with Gasteiger partial charge in [0, 0.05) is 30.3 Å². The summed E-state index contributed by atoms with van der Waals surface area (Å²) in [6.45, 7) is 2.11. The Bertz CT molecular complexity index is 1420. The standard InChI is InChI=1S/C31H28N2O4S/c34-30(32-28-19-24(11-13-26(28)31(35)36)23-9-5-2-6-10-23)27-20-25(33-15-17-38-18-16-33)12-14-29(27)37-21-22-7-3-1-4-8-22/h1-14,19-20H,15-18,21H2,(H,32,34)(H,35,36). The molecule has 0 aliphatic carbocycles. The average molecular weight is 525 g/mol. The fraction of sp³-hybridized carbons (Fsp3) is 0.161. The zero-order valence-corrected chi connectivity index (χ0v) is 21.6. The lowest BCUT2D eigenvalue weighted by Crippen LogP contribution is -2.32. The molecule has 4 aromatic carbocycles. The minimum atomic E-state index is -1.11. The first kappa shape index (κ1) is 25.4. The summed E-state index contributed by atoms with van der Waals surface area (Å²) in [4.78, 5) is 27.9. The van der Waals surface area contributed by atoms with Crippen LogP contribution in [0, 0.1) is 0 Å². The second kappa shape index (κ2) is 11.9. The number of hydrogen-bond donors (Lipinski definition) is 2. The Hall–Kier alpha value is -4.23. The molecule has 6 nitrogen and oxygen atoms in total. The van der Waals surface area contributed by atoms with E-state index in [1.54, 1.807) is 12.1 Å². The Balaban J connectivity index is 1.48. The molecule has 38 heavy (non-hydrogen) atoms. The van der Waals surface area contributed by atoms with Gasteiger partial charge in [-0.2, -0.15) is 11.8 Å². The number of nitrogens with zero attached hydrogens (tertiary/aromatic N) is 1. The van der Waals surface area contributed by atoms with Gasteiger partial charge in [0.1, 0.15) is 12.4 Å². The summed E-state index contributed by atoms with van der Waals surface area (Å²) < 4.78 is 6.10. The molecule has 1 heterocycles. The van der Waals surface area contributed by atoms with Crippen LogP contribution < -0.4 is 15.0 Å². The van der Waals surface area contributed by atoms with Crippen molar-refractivity contribution in [3.63, 3.8) is 0 Å². The van der Waals surface area contributed by atoms with E-state index in [-0.39, 0.29) is 11.3 Å². The second-order valence-electron chi connectivity index (χ2n) is 8.94. The SMILES string of the molecule is O=C(O)c1ccc(-c2ccccc2)cc1NC(=O)c1cc(N2CCSCC2)ccc1OCc1ccccc1. The molecule has 1 fully saturated rings. The van der Waals surface area contributed by atoms with Gasteiger partial charge >= 0.3 is 5.97 Å². The molecule has 0 atom stereocenters. The first-order valence-electron chi connectivity index (χ1n) is 12.5.